The summed E-state index contributed by atoms with van der Waals surface area (Å²) in [5.74, 6) is 0.410. The average Bonchev–Trinajstić information content (AvgIpc) is 3.03. The van der Waals surface area contributed by atoms with Crippen LogP contribution >= 0.6 is 0 Å². The van der Waals surface area contributed by atoms with Crippen LogP contribution < -0.4 is 4.90 Å². The Balaban J connectivity index is 1.55. The van der Waals surface area contributed by atoms with Gasteiger partial charge in [0.25, 0.3) is 0 Å². The zero-order chi connectivity index (χ0) is 14.7. The van der Waals surface area contributed by atoms with Gasteiger partial charge in [-0.15, -0.1) is 0 Å². The molecule has 0 amide bonds. The number of aliphatic hydroxyl groups excluding tert-OH is 1. The second kappa shape index (κ2) is 6.28. The first-order chi connectivity index (χ1) is 10.2. The number of β-amino-alcohol motifs (C(OH)–C–C–N with tert-alkyl or cyclic N) is 1. The molecule has 5 heteroatoms. The summed E-state index contributed by atoms with van der Waals surface area (Å²) < 4.78 is 19.0. The molecular formula is C16H19FN2O2. The van der Waals surface area contributed by atoms with Gasteiger partial charge in [0.1, 0.15) is 17.7 Å². The van der Waals surface area contributed by atoms with E-state index in [4.69, 9.17) is 4.42 Å². The molecule has 1 aromatic carbocycles. The molecule has 1 N–H and O–H groups in total. The number of rotatable bonds is 4. The number of anilines is 1. The van der Waals surface area contributed by atoms with Crippen molar-refractivity contribution >= 4 is 5.69 Å². The largest absolute Gasteiger partial charge is 0.467 e. The van der Waals surface area contributed by atoms with Crippen molar-refractivity contribution in [3.63, 3.8) is 0 Å². The highest BCUT2D eigenvalue weighted by Crippen LogP contribution is 2.21. The molecule has 0 spiro atoms. The maximum absolute atomic E-state index is 13.8. The van der Waals surface area contributed by atoms with Crippen molar-refractivity contribution in [2.75, 3.05) is 37.6 Å². The molecule has 0 saturated carbocycles. The first kappa shape index (κ1) is 14.1. The van der Waals surface area contributed by atoms with E-state index in [1.807, 2.05) is 17.0 Å². The van der Waals surface area contributed by atoms with E-state index in [-0.39, 0.29) is 5.82 Å². The van der Waals surface area contributed by atoms with Crippen LogP contribution in [0, 0.1) is 5.82 Å². The van der Waals surface area contributed by atoms with Gasteiger partial charge in [-0.3, -0.25) is 4.90 Å². The smallest absolute Gasteiger partial charge is 0.146 e. The number of hydrogen-bond donors (Lipinski definition) is 1. The molecule has 1 unspecified atom stereocenters. The lowest BCUT2D eigenvalue weighted by Gasteiger charge is -2.36. The molecule has 1 fully saturated rings. The molecule has 2 heterocycles. The van der Waals surface area contributed by atoms with Gasteiger partial charge in [-0.2, -0.15) is 0 Å². The van der Waals surface area contributed by atoms with Gasteiger partial charge < -0.3 is 14.4 Å². The molecule has 2 aromatic rings. The van der Waals surface area contributed by atoms with Gasteiger partial charge in [0.15, 0.2) is 0 Å². The van der Waals surface area contributed by atoms with E-state index in [2.05, 4.69) is 4.90 Å². The van der Waals surface area contributed by atoms with E-state index in [1.165, 1.54) is 6.07 Å². The number of aliphatic hydroxyl groups is 1. The molecule has 1 atom stereocenters. The second-order valence-corrected chi connectivity index (χ2v) is 5.27. The third-order valence-electron chi connectivity index (χ3n) is 3.87. The standard InChI is InChI=1S/C16H19FN2O2/c17-13-4-1-2-5-14(13)19-9-7-18(8-10-19)12-15(20)16-6-3-11-21-16/h1-6,11,15,20H,7-10,12H2. The minimum absolute atomic E-state index is 0.179. The minimum atomic E-state index is -0.611. The van der Waals surface area contributed by atoms with Gasteiger partial charge in [-0.05, 0) is 24.3 Å². The van der Waals surface area contributed by atoms with Crippen LogP contribution in [0.25, 0.3) is 0 Å². The first-order valence-corrected chi connectivity index (χ1v) is 7.17. The summed E-state index contributed by atoms with van der Waals surface area (Å²) in [6, 6.07) is 10.4. The van der Waals surface area contributed by atoms with Crippen molar-refractivity contribution in [1.82, 2.24) is 4.90 Å². The molecule has 4 nitrogen and oxygen atoms in total. The van der Waals surface area contributed by atoms with Crippen LogP contribution in [0.1, 0.15) is 11.9 Å². The normalized spacial score (nSPS) is 17.9. The van der Waals surface area contributed by atoms with Crippen LogP contribution in [0.2, 0.25) is 0 Å². The van der Waals surface area contributed by atoms with Crippen molar-refractivity contribution in [2.45, 2.75) is 6.10 Å². The van der Waals surface area contributed by atoms with Gasteiger partial charge in [-0.25, -0.2) is 4.39 Å². The van der Waals surface area contributed by atoms with Crippen LogP contribution in [-0.2, 0) is 0 Å². The second-order valence-electron chi connectivity index (χ2n) is 5.27. The molecule has 0 bridgehead atoms. The highest BCUT2D eigenvalue weighted by atomic mass is 19.1. The van der Waals surface area contributed by atoms with E-state index >= 15 is 0 Å². The van der Waals surface area contributed by atoms with Crippen LogP contribution in [0.5, 0.6) is 0 Å². The van der Waals surface area contributed by atoms with Gasteiger partial charge in [0, 0.05) is 32.7 Å². The van der Waals surface area contributed by atoms with Crippen molar-refractivity contribution in [1.29, 1.82) is 0 Å². The Bertz CT molecular complexity index is 565. The van der Waals surface area contributed by atoms with Gasteiger partial charge in [-0.1, -0.05) is 12.1 Å². The van der Waals surface area contributed by atoms with Gasteiger partial charge >= 0.3 is 0 Å². The molecular weight excluding hydrogens is 271 g/mol. The van der Waals surface area contributed by atoms with Crippen molar-refractivity contribution < 1.29 is 13.9 Å². The fourth-order valence-corrected chi connectivity index (χ4v) is 2.69. The number of halogens is 1. The van der Waals surface area contributed by atoms with E-state index in [9.17, 15) is 9.50 Å². The van der Waals surface area contributed by atoms with Crippen molar-refractivity contribution in [3.8, 4) is 0 Å². The Labute approximate surface area is 123 Å². The summed E-state index contributed by atoms with van der Waals surface area (Å²) >= 11 is 0. The highest BCUT2D eigenvalue weighted by Gasteiger charge is 2.22. The molecule has 112 valence electrons. The molecule has 0 radical (unpaired) electrons. The third kappa shape index (κ3) is 3.25. The van der Waals surface area contributed by atoms with E-state index < -0.39 is 6.10 Å². The van der Waals surface area contributed by atoms with Crippen molar-refractivity contribution in [3.05, 3.63) is 54.2 Å². The monoisotopic (exact) mass is 290 g/mol. The maximum atomic E-state index is 13.8. The van der Waals surface area contributed by atoms with E-state index in [0.29, 0.717) is 18.0 Å². The summed E-state index contributed by atoms with van der Waals surface area (Å²) in [5.41, 5.74) is 0.656. The predicted octanol–water partition coefficient (Wildman–Crippen LogP) is 2.27. The number of piperazine rings is 1. The summed E-state index contributed by atoms with van der Waals surface area (Å²) in [6.45, 7) is 3.65. The molecule has 3 rings (SSSR count). The van der Waals surface area contributed by atoms with Crippen LogP contribution in [0.4, 0.5) is 10.1 Å². The summed E-state index contributed by atoms with van der Waals surface area (Å²) in [7, 11) is 0. The lowest BCUT2D eigenvalue weighted by molar-refractivity contribution is 0.0915. The molecule has 1 saturated heterocycles. The number of furan rings is 1. The SMILES string of the molecule is OC(CN1CCN(c2ccccc2F)CC1)c1ccco1. The number of benzene rings is 1. The Morgan fingerprint density at radius 3 is 2.52 bits per heavy atom. The maximum Gasteiger partial charge on any atom is 0.146 e. The molecule has 1 aliphatic rings. The van der Waals surface area contributed by atoms with Crippen LogP contribution in [-0.4, -0.2) is 42.7 Å². The van der Waals surface area contributed by atoms with E-state index in [1.54, 1.807) is 24.5 Å². The topological polar surface area (TPSA) is 39.9 Å². The van der Waals surface area contributed by atoms with E-state index in [0.717, 1.165) is 26.2 Å². The molecule has 0 aliphatic carbocycles. The minimum Gasteiger partial charge on any atom is -0.467 e. The van der Waals surface area contributed by atoms with Crippen LogP contribution in [0.3, 0.4) is 0 Å². The highest BCUT2D eigenvalue weighted by molar-refractivity contribution is 5.47. The lowest BCUT2D eigenvalue weighted by Crippen LogP contribution is -2.47. The summed E-state index contributed by atoms with van der Waals surface area (Å²) in [6.07, 6.45) is 0.953. The van der Waals surface area contributed by atoms with Crippen LogP contribution in [0.15, 0.2) is 47.1 Å². The zero-order valence-corrected chi connectivity index (χ0v) is 11.8. The Hall–Kier alpha value is -1.85. The third-order valence-corrected chi connectivity index (χ3v) is 3.87. The Kier molecular flexibility index (Phi) is 4.22. The fourth-order valence-electron chi connectivity index (χ4n) is 2.69. The van der Waals surface area contributed by atoms with Crippen molar-refractivity contribution in [2.24, 2.45) is 0 Å². The van der Waals surface area contributed by atoms with Gasteiger partial charge in [0.2, 0.25) is 0 Å². The average molecular weight is 290 g/mol. The predicted molar refractivity (Wildman–Crippen MR) is 78.7 cm³/mol. The molecule has 21 heavy (non-hydrogen) atoms. The van der Waals surface area contributed by atoms with Gasteiger partial charge in [0.05, 0.1) is 12.0 Å². The number of hydrogen-bond acceptors (Lipinski definition) is 4. The number of para-hydroxylation sites is 1. The lowest BCUT2D eigenvalue weighted by atomic mass is 10.2. The zero-order valence-electron chi connectivity index (χ0n) is 11.8. The molecule has 1 aliphatic heterocycles. The molecule has 1 aromatic heterocycles. The first-order valence-electron chi connectivity index (χ1n) is 7.17. The Morgan fingerprint density at radius 2 is 1.86 bits per heavy atom. The fraction of sp³-hybridized carbons (Fsp3) is 0.375. The quantitative estimate of drug-likeness (QED) is 0.938. The Morgan fingerprint density at radius 1 is 1.10 bits per heavy atom. The summed E-state index contributed by atoms with van der Waals surface area (Å²) in [4.78, 5) is 4.22. The summed E-state index contributed by atoms with van der Waals surface area (Å²) in [5, 5.41) is 10.1. The number of nitrogens with zero attached hydrogens (tertiary/aromatic N) is 2.